The summed E-state index contributed by atoms with van der Waals surface area (Å²) in [5.74, 6) is 0. The molecule has 0 aliphatic rings. The first kappa shape index (κ1) is 66.3. The van der Waals surface area contributed by atoms with Gasteiger partial charge in [0.2, 0.25) is 0 Å². The molecule has 108 heavy (non-hydrogen) atoms. The second kappa shape index (κ2) is 27.5. The number of fused-ring (bicyclic) bond motifs is 30. The number of benzene rings is 18. The quantitative estimate of drug-likeness (QED) is 0.152. The van der Waals surface area contributed by atoms with E-state index in [2.05, 4.69) is 357 Å². The minimum Gasteiger partial charge on any atom is -0.456 e. The van der Waals surface area contributed by atoms with Crippen LogP contribution < -0.4 is 0 Å². The van der Waals surface area contributed by atoms with Crippen molar-refractivity contribution in [2.75, 3.05) is 0 Å². The van der Waals surface area contributed by atoms with E-state index in [1.54, 1.807) is 0 Å². The first-order chi connectivity index (χ1) is 53.1. The van der Waals surface area contributed by atoms with E-state index >= 15 is 0 Å². The molecule has 6 aromatic heterocycles. The van der Waals surface area contributed by atoms with Gasteiger partial charge in [-0.25, -0.2) is 0 Å². The molecule has 0 fully saturated rings. The Balaban J connectivity index is 0.0000000882. The average molecular weight is 1440 g/mol. The number of hydrogen-bond donors (Lipinski definition) is 0. The zero-order valence-corrected chi connectivity index (χ0v) is 63.1. The molecule has 6 heteroatoms. The molecule has 0 unspecified atom stereocenters. The van der Waals surface area contributed by atoms with Crippen LogP contribution in [0.3, 0.4) is 0 Å². The Bertz CT molecular complexity index is 7180. The molecule has 24 aromatic rings. The van der Waals surface area contributed by atoms with Gasteiger partial charge in [0.15, 0.2) is 0 Å². The van der Waals surface area contributed by atoms with Crippen LogP contribution in [0.15, 0.2) is 341 Å². The Morgan fingerprint density at radius 1 is 0.176 bits per heavy atom. The van der Waals surface area contributed by atoms with Crippen molar-refractivity contribution < 1.29 is 13.3 Å². The first-order valence-corrected chi connectivity index (χ1v) is 39.3. The smallest absolute Gasteiger partial charge is 0.143 e. The highest BCUT2D eigenvalue weighted by Gasteiger charge is 2.17. The SMILES string of the molecule is Cc1cc2ccccc2c2c1oc1ccccc12.Cc1cc2ccccc2c2c1sc1ccccc12.Cc1cccc2c1oc1c3ccccc3ccc21.Cc1cccc2c1oc1ccc3ccccc3c12.Cc1cccc2c1sc1c3ccccc3ccc21.Cc1cccc2c1sc1ccc3ccccc3c12. The van der Waals surface area contributed by atoms with Crippen LogP contribution in [0.2, 0.25) is 0 Å². The topological polar surface area (TPSA) is 39.4 Å². The largest absolute Gasteiger partial charge is 0.456 e. The lowest BCUT2D eigenvalue weighted by atomic mass is 10.0. The van der Waals surface area contributed by atoms with Crippen molar-refractivity contribution in [3.63, 3.8) is 0 Å². The van der Waals surface area contributed by atoms with Gasteiger partial charge in [0.05, 0.1) is 0 Å². The predicted octanol–water partition coefficient (Wildman–Crippen LogP) is 31.7. The van der Waals surface area contributed by atoms with Crippen molar-refractivity contribution in [2.24, 2.45) is 0 Å². The van der Waals surface area contributed by atoms with E-state index in [0.717, 1.165) is 33.5 Å². The summed E-state index contributed by atoms with van der Waals surface area (Å²) in [5, 5.41) is 31.2. The fraction of sp³-hybridized carbons (Fsp3) is 0.0588. The molecule has 0 aliphatic heterocycles. The van der Waals surface area contributed by atoms with Crippen molar-refractivity contribution >= 4 is 225 Å². The lowest BCUT2D eigenvalue weighted by molar-refractivity contribution is 0.666. The summed E-state index contributed by atoms with van der Waals surface area (Å²) in [4.78, 5) is 0. The van der Waals surface area contributed by atoms with Gasteiger partial charge in [0, 0.05) is 98.2 Å². The van der Waals surface area contributed by atoms with E-state index in [1.165, 1.54) is 191 Å². The number of hydrogen-bond acceptors (Lipinski definition) is 6. The summed E-state index contributed by atoms with van der Waals surface area (Å²) in [6, 6.07) is 116. The Morgan fingerprint density at radius 2 is 0.593 bits per heavy atom. The second-order valence-electron chi connectivity index (χ2n) is 28.3. The van der Waals surface area contributed by atoms with Gasteiger partial charge >= 0.3 is 0 Å². The molecule has 24 rings (SSSR count). The van der Waals surface area contributed by atoms with Gasteiger partial charge in [-0.1, -0.05) is 285 Å². The van der Waals surface area contributed by atoms with Gasteiger partial charge in [-0.3, -0.25) is 0 Å². The third-order valence-corrected chi connectivity index (χ3v) is 25.5. The fourth-order valence-corrected chi connectivity index (χ4v) is 19.9. The minimum absolute atomic E-state index is 0.965. The van der Waals surface area contributed by atoms with Crippen LogP contribution in [0.4, 0.5) is 0 Å². The fourth-order valence-electron chi connectivity index (χ4n) is 16.2. The van der Waals surface area contributed by atoms with E-state index in [-0.39, 0.29) is 0 Å². The van der Waals surface area contributed by atoms with E-state index < -0.39 is 0 Å². The van der Waals surface area contributed by atoms with E-state index in [1.807, 2.05) is 46.1 Å². The molecule has 0 saturated heterocycles. The Labute approximate surface area is 636 Å². The van der Waals surface area contributed by atoms with Crippen molar-refractivity contribution in [1.29, 1.82) is 0 Å². The first-order valence-electron chi connectivity index (χ1n) is 36.8. The minimum atomic E-state index is 0.965. The molecular weight excluding hydrogens is 1370 g/mol. The van der Waals surface area contributed by atoms with Crippen LogP contribution in [-0.2, 0) is 0 Å². The molecule has 0 radical (unpaired) electrons. The maximum absolute atomic E-state index is 6.10. The summed E-state index contributed by atoms with van der Waals surface area (Å²) in [6.07, 6.45) is 0. The second-order valence-corrected chi connectivity index (χ2v) is 31.4. The van der Waals surface area contributed by atoms with Crippen LogP contribution in [-0.4, -0.2) is 0 Å². The molecule has 0 amide bonds. The highest BCUT2D eigenvalue weighted by Crippen LogP contribution is 2.45. The molecule has 6 heterocycles. The Morgan fingerprint density at radius 3 is 1.27 bits per heavy atom. The predicted molar refractivity (Wildman–Crippen MR) is 473 cm³/mol. The number of rotatable bonds is 0. The summed E-state index contributed by atoms with van der Waals surface area (Å²) in [5.41, 5.74) is 13.6. The molecule has 0 N–H and O–H groups in total. The molecular formula is C102H72O3S3. The van der Waals surface area contributed by atoms with Gasteiger partial charge in [0.1, 0.15) is 33.5 Å². The monoisotopic (exact) mass is 1440 g/mol. The normalized spacial score (nSPS) is 11.6. The van der Waals surface area contributed by atoms with Gasteiger partial charge < -0.3 is 13.3 Å². The summed E-state index contributed by atoms with van der Waals surface area (Å²) >= 11 is 5.72. The molecule has 18 aromatic carbocycles. The lowest BCUT2D eigenvalue weighted by Crippen LogP contribution is -1.78. The van der Waals surface area contributed by atoms with Crippen LogP contribution in [0.25, 0.3) is 191 Å². The molecule has 516 valence electrons. The van der Waals surface area contributed by atoms with E-state index in [0.29, 0.717) is 0 Å². The van der Waals surface area contributed by atoms with Crippen LogP contribution in [0.1, 0.15) is 33.4 Å². The third kappa shape index (κ3) is 11.5. The van der Waals surface area contributed by atoms with Gasteiger partial charge in [-0.05, 0) is 177 Å². The van der Waals surface area contributed by atoms with E-state index in [4.69, 9.17) is 13.3 Å². The maximum Gasteiger partial charge on any atom is 0.143 e. The standard InChI is InChI=1S/3C17H12O.3C17H12S/c1-11-5-4-8-14-16-13-7-3-2-6-12(13)9-10-15(16)18-17(11)14;1-11-5-4-8-14-15-10-9-12-6-2-3-7-13(12)17(15)18-16(11)14;1-11-10-12-6-2-3-7-13(12)16-14-8-4-5-9-15(14)18-17(11)16;1-11-5-4-8-14-16-13-7-3-2-6-12(13)9-10-15(16)18-17(11)14;1-11-5-4-8-14-15-10-9-12-6-2-3-7-13(12)17(15)18-16(11)14;1-11-10-12-6-2-3-7-13(12)16-14-8-4-5-9-15(14)18-17(11)16/h6*2-10H,1H3. The number of furan rings is 3. The number of aryl methyl sites for hydroxylation is 6. The number of para-hydroxylation sites is 3. The van der Waals surface area contributed by atoms with Gasteiger partial charge in [0.25, 0.3) is 0 Å². The highest BCUT2D eigenvalue weighted by atomic mass is 32.1. The average Bonchev–Trinajstić information content (AvgIpc) is 2.32. The zero-order chi connectivity index (χ0) is 72.7. The summed E-state index contributed by atoms with van der Waals surface area (Å²) < 4.78 is 26.5. The highest BCUT2D eigenvalue weighted by molar-refractivity contribution is 7.27. The lowest BCUT2D eigenvalue weighted by Gasteiger charge is -2.03. The molecule has 0 bridgehead atoms. The molecule has 0 saturated carbocycles. The number of thiophene rings is 3. The van der Waals surface area contributed by atoms with Gasteiger partial charge in [-0.15, -0.1) is 34.0 Å². The van der Waals surface area contributed by atoms with Crippen molar-refractivity contribution in [3.8, 4) is 0 Å². The molecule has 0 aliphatic carbocycles. The van der Waals surface area contributed by atoms with Gasteiger partial charge in [-0.2, -0.15) is 0 Å². The summed E-state index contributed by atoms with van der Waals surface area (Å²) in [7, 11) is 0. The molecule has 0 spiro atoms. The molecule has 3 nitrogen and oxygen atoms in total. The Kier molecular flexibility index (Phi) is 16.9. The van der Waals surface area contributed by atoms with Crippen LogP contribution in [0, 0.1) is 41.5 Å². The summed E-state index contributed by atoms with van der Waals surface area (Å²) in [6.45, 7) is 12.9. The van der Waals surface area contributed by atoms with Crippen molar-refractivity contribution in [3.05, 3.63) is 361 Å². The van der Waals surface area contributed by atoms with Crippen molar-refractivity contribution in [1.82, 2.24) is 0 Å². The third-order valence-electron chi connectivity index (χ3n) is 21.5. The van der Waals surface area contributed by atoms with Crippen LogP contribution >= 0.6 is 34.0 Å². The van der Waals surface area contributed by atoms with E-state index in [9.17, 15) is 0 Å². The maximum atomic E-state index is 6.10. The van der Waals surface area contributed by atoms with Crippen LogP contribution in [0.5, 0.6) is 0 Å². The van der Waals surface area contributed by atoms with Crippen molar-refractivity contribution in [2.45, 2.75) is 41.5 Å². The molecule has 0 atom stereocenters. The Hall–Kier alpha value is -12.4. The zero-order valence-electron chi connectivity index (χ0n) is 60.6.